The van der Waals surface area contributed by atoms with Crippen LogP contribution in [0.1, 0.15) is 22.4 Å². The van der Waals surface area contributed by atoms with E-state index in [-0.39, 0.29) is 5.56 Å². The van der Waals surface area contributed by atoms with Crippen molar-refractivity contribution in [2.45, 2.75) is 19.5 Å². The van der Waals surface area contributed by atoms with E-state index in [0.717, 1.165) is 36.3 Å². The lowest BCUT2D eigenvalue weighted by atomic mass is 10.1. The van der Waals surface area contributed by atoms with Crippen molar-refractivity contribution in [3.63, 3.8) is 0 Å². The summed E-state index contributed by atoms with van der Waals surface area (Å²) in [6.07, 6.45) is 2.29. The summed E-state index contributed by atoms with van der Waals surface area (Å²) in [6, 6.07) is 13.2. The topological polar surface area (TPSA) is 85.9 Å². The van der Waals surface area contributed by atoms with E-state index in [9.17, 15) is 4.79 Å². The number of furan rings is 1. The van der Waals surface area contributed by atoms with Gasteiger partial charge in [-0.3, -0.25) is 9.69 Å². The lowest BCUT2D eigenvalue weighted by Gasteiger charge is -2.27. The number of rotatable bonds is 3. The molecule has 0 radical (unpaired) electrons. The maximum Gasteiger partial charge on any atom is 0.256 e. The van der Waals surface area contributed by atoms with Gasteiger partial charge in [0.15, 0.2) is 11.6 Å². The van der Waals surface area contributed by atoms with Gasteiger partial charge in [0.2, 0.25) is 0 Å². The molecule has 1 aromatic carbocycles. The molecule has 25 heavy (non-hydrogen) atoms. The molecule has 1 aliphatic heterocycles. The van der Waals surface area contributed by atoms with Gasteiger partial charge in [-0.05, 0) is 29.8 Å². The molecule has 4 rings (SSSR count). The molecule has 3 aromatic rings. The van der Waals surface area contributed by atoms with Crippen molar-refractivity contribution in [1.82, 2.24) is 14.9 Å². The first-order valence-corrected chi connectivity index (χ1v) is 8.10. The molecule has 2 aromatic heterocycles. The number of aromatic nitrogens is 2. The minimum Gasteiger partial charge on any atom is -0.461 e. The number of nitriles is 1. The molecule has 0 unspecified atom stereocenters. The first-order chi connectivity index (χ1) is 12.2. The highest BCUT2D eigenvalue weighted by Crippen LogP contribution is 2.20. The van der Waals surface area contributed by atoms with E-state index in [2.05, 4.69) is 20.9 Å². The second-order valence-electron chi connectivity index (χ2n) is 6.09. The molecular weight excluding hydrogens is 316 g/mol. The Morgan fingerprint density at radius 3 is 2.84 bits per heavy atom. The van der Waals surface area contributed by atoms with Gasteiger partial charge >= 0.3 is 0 Å². The highest BCUT2D eigenvalue weighted by molar-refractivity contribution is 5.47. The Bertz CT molecular complexity index is 982. The molecule has 0 amide bonds. The van der Waals surface area contributed by atoms with Crippen LogP contribution >= 0.6 is 0 Å². The zero-order chi connectivity index (χ0) is 17.2. The van der Waals surface area contributed by atoms with Crippen LogP contribution < -0.4 is 5.56 Å². The van der Waals surface area contributed by atoms with E-state index in [1.807, 2.05) is 24.3 Å². The Morgan fingerprint density at radius 2 is 2.12 bits per heavy atom. The minimum absolute atomic E-state index is 0.110. The number of H-pyrrole nitrogens is 1. The van der Waals surface area contributed by atoms with E-state index in [1.165, 1.54) is 0 Å². The van der Waals surface area contributed by atoms with Crippen molar-refractivity contribution in [1.29, 1.82) is 5.26 Å². The fraction of sp³-hybridized carbons (Fsp3) is 0.211. The van der Waals surface area contributed by atoms with Crippen molar-refractivity contribution in [2.75, 3.05) is 6.54 Å². The summed E-state index contributed by atoms with van der Waals surface area (Å²) < 4.78 is 5.32. The molecule has 6 heteroatoms. The molecule has 1 aliphatic rings. The molecule has 0 saturated carbocycles. The summed E-state index contributed by atoms with van der Waals surface area (Å²) in [5.41, 5.74) is 3.22. The predicted molar refractivity (Wildman–Crippen MR) is 91.5 cm³/mol. The van der Waals surface area contributed by atoms with Crippen LogP contribution in [-0.4, -0.2) is 21.4 Å². The quantitative estimate of drug-likeness (QED) is 0.796. The van der Waals surface area contributed by atoms with Gasteiger partial charge in [0.1, 0.15) is 0 Å². The summed E-state index contributed by atoms with van der Waals surface area (Å²) in [5, 5.41) is 8.87. The Labute approximate surface area is 144 Å². The summed E-state index contributed by atoms with van der Waals surface area (Å²) in [5.74, 6) is 1.05. The third kappa shape index (κ3) is 3.10. The van der Waals surface area contributed by atoms with Crippen LogP contribution in [0, 0.1) is 11.3 Å². The molecule has 0 bridgehead atoms. The third-order valence-corrected chi connectivity index (χ3v) is 4.39. The van der Waals surface area contributed by atoms with Crippen LogP contribution in [0.2, 0.25) is 0 Å². The van der Waals surface area contributed by atoms with E-state index in [1.54, 1.807) is 18.4 Å². The second-order valence-corrected chi connectivity index (χ2v) is 6.09. The van der Waals surface area contributed by atoms with Crippen molar-refractivity contribution < 1.29 is 4.42 Å². The lowest BCUT2D eigenvalue weighted by molar-refractivity contribution is 0.242. The number of fused-ring (bicyclic) bond motifs is 1. The molecule has 0 spiro atoms. The van der Waals surface area contributed by atoms with Gasteiger partial charge in [-0.2, -0.15) is 5.26 Å². The van der Waals surface area contributed by atoms with Crippen LogP contribution in [0.5, 0.6) is 0 Å². The van der Waals surface area contributed by atoms with Crippen LogP contribution in [0.25, 0.3) is 11.6 Å². The van der Waals surface area contributed by atoms with Gasteiger partial charge in [0.05, 0.1) is 29.2 Å². The normalized spacial score (nSPS) is 14.0. The summed E-state index contributed by atoms with van der Waals surface area (Å²) in [4.78, 5) is 22.1. The van der Waals surface area contributed by atoms with Crippen LogP contribution in [0.15, 0.2) is 51.9 Å². The summed E-state index contributed by atoms with van der Waals surface area (Å²) >= 11 is 0. The molecule has 1 N–H and O–H groups in total. The average Bonchev–Trinajstić information content (AvgIpc) is 3.17. The van der Waals surface area contributed by atoms with Gasteiger partial charge in [-0.25, -0.2) is 4.98 Å². The van der Waals surface area contributed by atoms with Crippen molar-refractivity contribution in [3.8, 4) is 17.7 Å². The Balaban J connectivity index is 1.55. The molecular formula is C19H16N4O2. The van der Waals surface area contributed by atoms with Crippen LogP contribution in [0.3, 0.4) is 0 Å². The Kier molecular flexibility index (Phi) is 3.92. The maximum absolute atomic E-state index is 12.5. The highest BCUT2D eigenvalue weighted by Gasteiger charge is 2.22. The van der Waals surface area contributed by atoms with Gasteiger partial charge in [0, 0.05) is 26.1 Å². The van der Waals surface area contributed by atoms with Gasteiger partial charge < -0.3 is 9.40 Å². The van der Waals surface area contributed by atoms with Crippen molar-refractivity contribution in [3.05, 3.63) is 75.4 Å². The molecule has 0 atom stereocenters. The highest BCUT2D eigenvalue weighted by atomic mass is 16.3. The summed E-state index contributed by atoms with van der Waals surface area (Å²) in [7, 11) is 0. The monoisotopic (exact) mass is 332 g/mol. The second kappa shape index (κ2) is 6.38. The molecule has 0 saturated heterocycles. The largest absolute Gasteiger partial charge is 0.461 e. The van der Waals surface area contributed by atoms with E-state index in [0.29, 0.717) is 23.7 Å². The number of nitrogens with one attached hydrogen (secondary N) is 1. The number of hydrogen-bond acceptors (Lipinski definition) is 5. The number of hydrogen-bond donors (Lipinski definition) is 1. The van der Waals surface area contributed by atoms with Crippen molar-refractivity contribution >= 4 is 0 Å². The maximum atomic E-state index is 12.5. The van der Waals surface area contributed by atoms with Crippen LogP contribution in [0.4, 0.5) is 0 Å². The van der Waals surface area contributed by atoms with Crippen molar-refractivity contribution in [2.24, 2.45) is 0 Å². The molecule has 0 aliphatic carbocycles. The molecule has 3 heterocycles. The fourth-order valence-corrected chi connectivity index (χ4v) is 3.09. The molecule has 124 valence electrons. The minimum atomic E-state index is -0.110. The number of nitrogens with zero attached hydrogens (tertiary/aromatic N) is 3. The summed E-state index contributed by atoms with van der Waals surface area (Å²) in [6.45, 7) is 2.14. The zero-order valence-corrected chi connectivity index (χ0v) is 13.5. The average molecular weight is 332 g/mol. The van der Waals surface area contributed by atoms with E-state index in [4.69, 9.17) is 9.68 Å². The smallest absolute Gasteiger partial charge is 0.256 e. The molecule has 0 fully saturated rings. The zero-order valence-electron chi connectivity index (χ0n) is 13.5. The van der Waals surface area contributed by atoms with E-state index < -0.39 is 0 Å². The Morgan fingerprint density at radius 1 is 1.28 bits per heavy atom. The van der Waals surface area contributed by atoms with Crippen LogP contribution in [-0.2, 0) is 19.5 Å². The van der Waals surface area contributed by atoms with Gasteiger partial charge in [-0.1, -0.05) is 12.1 Å². The van der Waals surface area contributed by atoms with E-state index >= 15 is 0 Å². The first kappa shape index (κ1) is 15.4. The Hall–Kier alpha value is -3.17. The lowest BCUT2D eigenvalue weighted by Crippen LogP contribution is -2.35. The van der Waals surface area contributed by atoms with Gasteiger partial charge in [-0.15, -0.1) is 0 Å². The number of aromatic amines is 1. The molecule has 6 nitrogen and oxygen atoms in total. The van der Waals surface area contributed by atoms with Gasteiger partial charge in [0.25, 0.3) is 5.56 Å². The number of benzene rings is 1. The fourth-order valence-electron chi connectivity index (χ4n) is 3.09. The SMILES string of the molecule is N#Cc1ccc(CN2CCc3nc(-c4ccco4)[nH]c(=O)c3C2)cc1. The predicted octanol–water partition coefficient (Wildman–Crippen LogP) is 2.46. The standard InChI is InChI=1S/C19H16N4O2/c20-10-13-3-5-14(6-4-13)11-23-8-7-16-15(12-23)19(24)22-18(21-16)17-2-1-9-25-17/h1-6,9H,7-8,11-12H2,(H,21,22,24). The third-order valence-electron chi connectivity index (χ3n) is 4.39. The first-order valence-electron chi connectivity index (χ1n) is 8.10.